The van der Waals surface area contributed by atoms with Crippen LogP contribution in [0.25, 0.3) is 10.9 Å². The lowest BCUT2D eigenvalue weighted by Crippen LogP contribution is -2.12. The van der Waals surface area contributed by atoms with Gasteiger partial charge in [0.2, 0.25) is 5.91 Å². The van der Waals surface area contributed by atoms with Gasteiger partial charge in [-0.05, 0) is 24.5 Å². The van der Waals surface area contributed by atoms with Crippen molar-refractivity contribution >= 4 is 22.6 Å². The molecule has 0 aliphatic heterocycles. The van der Waals surface area contributed by atoms with Crippen LogP contribution in [0.3, 0.4) is 0 Å². The number of rotatable bonds is 5. The minimum atomic E-state index is -0.0321. The van der Waals surface area contributed by atoms with Crippen LogP contribution in [0.5, 0.6) is 0 Å². The molecule has 5 heteroatoms. The van der Waals surface area contributed by atoms with Gasteiger partial charge in [-0.15, -0.1) is 0 Å². The third-order valence-electron chi connectivity index (χ3n) is 3.36. The molecule has 0 unspecified atom stereocenters. The summed E-state index contributed by atoms with van der Waals surface area (Å²) in [6.45, 7) is 0. The largest absolute Gasteiger partial charge is 0.361 e. The van der Waals surface area contributed by atoms with Crippen LogP contribution >= 0.6 is 0 Å². The number of carbonyl (C=O) groups is 1. The second kappa shape index (κ2) is 6.17. The van der Waals surface area contributed by atoms with Crippen molar-refractivity contribution in [1.29, 1.82) is 0 Å². The first-order valence-corrected chi connectivity index (χ1v) is 6.94. The maximum atomic E-state index is 11.8. The highest BCUT2D eigenvalue weighted by Crippen LogP contribution is 2.19. The lowest BCUT2D eigenvalue weighted by molar-refractivity contribution is -0.116. The van der Waals surface area contributed by atoms with Crippen molar-refractivity contribution in [3.63, 3.8) is 0 Å². The summed E-state index contributed by atoms with van der Waals surface area (Å²) in [5.74, 6) is 0.463. The average molecular weight is 280 g/mol. The molecule has 0 aliphatic rings. The molecule has 0 fully saturated rings. The van der Waals surface area contributed by atoms with Crippen molar-refractivity contribution in [3.05, 3.63) is 54.6 Å². The Morgan fingerprint density at radius 2 is 2.14 bits per heavy atom. The average Bonchev–Trinajstić information content (AvgIpc) is 2.92. The molecule has 3 rings (SSSR count). The summed E-state index contributed by atoms with van der Waals surface area (Å²) in [4.78, 5) is 23.0. The highest BCUT2D eigenvalue weighted by molar-refractivity contribution is 5.89. The molecule has 0 bridgehead atoms. The predicted octanol–water partition coefficient (Wildman–Crippen LogP) is 2.92. The van der Waals surface area contributed by atoms with Crippen LogP contribution in [-0.2, 0) is 11.2 Å². The number of nitrogens with one attached hydrogen (secondary N) is 2. The first kappa shape index (κ1) is 13.3. The van der Waals surface area contributed by atoms with Gasteiger partial charge in [-0.3, -0.25) is 9.78 Å². The summed E-state index contributed by atoms with van der Waals surface area (Å²) < 4.78 is 0. The molecule has 1 aromatic carbocycles. The molecule has 106 valence electrons. The van der Waals surface area contributed by atoms with E-state index in [2.05, 4.69) is 32.4 Å². The highest BCUT2D eigenvalue weighted by Gasteiger charge is 2.06. The van der Waals surface area contributed by atoms with E-state index in [0.717, 1.165) is 18.4 Å². The molecule has 0 spiro atoms. The molecular formula is C16H16N4O. The molecule has 0 radical (unpaired) electrons. The Morgan fingerprint density at radius 1 is 1.24 bits per heavy atom. The number of amides is 1. The molecule has 0 aliphatic carbocycles. The van der Waals surface area contributed by atoms with E-state index >= 15 is 0 Å². The molecule has 0 saturated carbocycles. The highest BCUT2D eigenvalue weighted by atomic mass is 16.1. The maximum Gasteiger partial charge on any atom is 0.225 e. The second-order valence-electron chi connectivity index (χ2n) is 4.85. The van der Waals surface area contributed by atoms with Gasteiger partial charge in [-0.1, -0.05) is 18.2 Å². The van der Waals surface area contributed by atoms with Gasteiger partial charge >= 0.3 is 0 Å². The lowest BCUT2D eigenvalue weighted by atomic mass is 10.1. The van der Waals surface area contributed by atoms with Crippen LogP contribution in [0.15, 0.2) is 49.1 Å². The monoisotopic (exact) mass is 280 g/mol. The summed E-state index contributed by atoms with van der Waals surface area (Å²) in [5.41, 5.74) is 2.38. The van der Waals surface area contributed by atoms with E-state index in [1.165, 1.54) is 17.1 Å². The zero-order chi connectivity index (χ0) is 14.5. The number of aryl methyl sites for hydroxylation is 1. The molecule has 1 amide bonds. The zero-order valence-electron chi connectivity index (χ0n) is 11.5. The fourth-order valence-corrected chi connectivity index (χ4v) is 2.35. The molecule has 3 aromatic rings. The number of aromatic amines is 1. The molecule has 5 nitrogen and oxygen atoms in total. The number of carbonyl (C=O) groups excluding carboxylic acids is 1. The van der Waals surface area contributed by atoms with Crippen LogP contribution in [0.1, 0.15) is 18.4 Å². The van der Waals surface area contributed by atoms with Crippen LogP contribution in [0.4, 0.5) is 5.82 Å². The summed E-state index contributed by atoms with van der Waals surface area (Å²) in [6.07, 6.45) is 8.83. The van der Waals surface area contributed by atoms with Gasteiger partial charge in [0.1, 0.15) is 0 Å². The minimum Gasteiger partial charge on any atom is -0.361 e. The van der Waals surface area contributed by atoms with Crippen LogP contribution in [0, 0.1) is 0 Å². The molecule has 2 heterocycles. The number of benzene rings is 1. The summed E-state index contributed by atoms with van der Waals surface area (Å²) in [5, 5.41) is 3.97. The maximum absolute atomic E-state index is 11.8. The van der Waals surface area contributed by atoms with Gasteiger partial charge < -0.3 is 10.3 Å². The van der Waals surface area contributed by atoms with Crippen molar-refractivity contribution in [2.75, 3.05) is 5.32 Å². The van der Waals surface area contributed by atoms with E-state index in [9.17, 15) is 4.79 Å². The fraction of sp³-hybridized carbons (Fsp3) is 0.188. The van der Waals surface area contributed by atoms with E-state index in [1.54, 1.807) is 12.4 Å². The number of para-hydroxylation sites is 1. The lowest BCUT2D eigenvalue weighted by Gasteiger charge is -2.03. The quantitative estimate of drug-likeness (QED) is 0.755. The first-order valence-electron chi connectivity index (χ1n) is 6.94. The number of anilines is 1. The van der Waals surface area contributed by atoms with Gasteiger partial charge in [-0.25, -0.2) is 4.98 Å². The van der Waals surface area contributed by atoms with Crippen LogP contribution in [-0.4, -0.2) is 20.9 Å². The van der Waals surface area contributed by atoms with Crippen molar-refractivity contribution in [2.45, 2.75) is 19.3 Å². The summed E-state index contributed by atoms with van der Waals surface area (Å²) >= 11 is 0. The van der Waals surface area contributed by atoms with E-state index < -0.39 is 0 Å². The van der Waals surface area contributed by atoms with E-state index in [-0.39, 0.29) is 5.91 Å². The number of aromatic nitrogens is 3. The zero-order valence-corrected chi connectivity index (χ0v) is 11.5. The Kier molecular flexibility index (Phi) is 3.91. The van der Waals surface area contributed by atoms with Crippen LogP contribution in [0.2, 0.25) is 0 Å². The smallest absolute Gasteiger partial charge is 0.225 e. The SMILES string of the molecule is O=C(CCCc1c[nH]c2ccccc12)Nc1cnccn1. The number of fused-ring (bicyclic) bond motifs is 1. The number of hydrogen-bond acceptors (Lipinski definition) is 3. The summed E-state index contributed by atoms with van der Waals surface area (Å²) in [7, 11) is 0. The topological polar surface area (TPSA) is 70.7 Å². The second-order valence-corrected chi connectivity index (χ2v) is 4.85. The Morgan fingerprint density at radius 3 is 3.00 bits per heavy atom. The van der Waals surface area contributed by atoms with Crippen molar-refractivity contribution in [2.24, 2.45) is 0 Å². The third-order valence-corrected chi connectivity index (χ3v) is 3.36. The van der Waals surface area contributed by atoms with Crippen molar-refractivity contribution in [1.82, 2.24) is 15.0 Å². The van der Waals surface area contributed by atoms with E-state index in [4.69, 9.17) is 0 Å². The van der Waals surface area contributed by atoms with Gasteiger partial charge in [0.25, 0.3) is 0 Å². The third kappa shape index (κ3) is 3.25. The molecule has 2 aromatic heterocycles. The number of hydrogen-bond donors (Lipinski definition) is 2. The van der Waals surface area contributed by atoms with E-state index in [1.807, 2.05) is 18.3 Å². The predicted molar refractivity (Wildman–Crippen MR) is 81.9 cm³/mol. The first-order chi connectivity index (χ1) is 10.3. The van der Waals surface area contributed by atoms with Crippen LogP contribution < -0.4 is 5.32 Å². The fourth-order valence-electron chi connectivity index (χ4n) is 2.35. The Hall–Kier alpha value is -2.69. The van der Waals surface area contributed by atoms with Gasteiger partial charge in [-0.2, -0.15) is 0 Å². The Labute approximate surface area is 122 Å². The molecule has 21 heavy (non-hydrogen) atoms. The Balaban J connectivity index is 1.53. The molecular weight excluding hydrogens is 264 g/mol. The van der Waals surface area contributed by atoms with E-state index in [0.29, 0.717) is 12.2 Å². The van der Waals surface area contributed by atoms with Gasteiger partial charge in [0, 0.05) is 35.9 Å². The van der Waals surface area contributed by atoms with Crippen molar-refractivity contribution < 1.29 is 4.79 Å². The summed E-state index contributed by atoms with van der Waals surface area (Å²) in [6, 6.07) is 8.19. The number of H-pyrrole nitrogens is 1. The minimum absolute atomic E-state index is 0.0321. The number of nitrogens with zero attached hydrogens (tertiary/aromatic N) is 2. The van der Waals surface area contributed by atoms with Gasteiger partial charge in [0.15, 0.2) is 5.82 Å². The Bertz CT molecular complexity index is 736. The normalized spacial score (nSPS) is 10.7. The van der Waals surface area contributed by atoms with Crippen molar-refractivity contribution in [3.8, 4) is 0 Å². The standard InChI is InChI=1S/C16H16N4O/c21-16(20-15-11-17-8-9-18-15)7-3-4-12-10-19-14-6-2-1-5-13(12)14/h1-2,5-6,8-11,19H,3-4,7H2,(H,18,20,21). The molecule has 2 N–H and O–H groups in total. The molecule has 0 saturated heterocycles. The van der Waals surface area contributed by atoms with Gasteiger partial charge in [0.05, 0.1) is 6.20 Å². The molecule has 0 atom stereocenters.